The van der Waals surface area contributed by atoms with Crippen LogP contribution in [0.1, 0.15) is 43.8 Å². The van der Waals surface area contributed by atoms with Crippen LogP contribution in [-0.4, -0.2) is 47.4 Å². The Labute approximate surface area is 207 Å². The fourth-order valence-corrected chi connectivity index (χ4v) is 3.80. The van der Waals surface area contributed by atoms with Crippen LogP contribution in [0.4, 0.5) is 0 Å². The van der Waals surface area contributed by atoms with Gasteiger partial charge in [-0.2, -0.15) is 0 Å². The Morgan fingerprint density at radius 2 is 1.56 bits per heavy atom. The number of carbonyl (C=O) groups is 4. The van der Waals surface area contributed by atoms with Crippen molar-refractivity contribution in [3.8, 4) is 5.75 Å². The number of methoxy groups -OCH3 is 1. The molecule has 0 unspecified atom stereocenters. The highest BCUT2D eigenvalue weighted by molar-refractivity contribution is 6.33. The highest BCUT2D eigenvalue weighted by atomic mass is 16.5. The van der Waals surface area contributed by atoms with Gasteiger partial charge in [0.05, 0.1) is 19.1 Å². The Morgan fingerprint density at radius 3 is 2.19 bits per heavy atom. The lowest BCUT2D eigenvalue weighted by atomic mass is 9.92. The van der Waals surface area contributed by atoms with Crippen LogP contribution in [-0.2, 0) is 20.9 Å². The number of hydrogen-bond acceptors (Lipinski definition) is 6. The number of aliphatic carboxylic acids is 1. The Morgan fingerprint density at radius 1 is 0.889 bits per heavy atom. The summed E-state index contributed by atoms with van der Waals surface area (Å²) >= 11 is 0. The molecular weight excluding hydrogens is 462 g/mol. The van der Waals surface area contributed by atoms with E-state index in [0.717, 1.165) is 16.0 Å². The maximum atomic E-state index is 13.1. The number of esters is 1. The number of benzene rings is 3. The molecule has 1 heterocycles. The van der Waals surface area contributed by atoms with Crippen LogP contribution in [0.2, 0.25) is 0 Å². The number of ether oxygens (including phenoxy) is 2. The molecule has 0 aromatic heterocycles. The third kappa shape index (κ3) is 5.33. The predicted octanol–water partition coefficient (Wildman–Crippen LogP) is 4.05. The molecule has 0 fully saturated rings. The molecule has 1 aliphatic heterocycles. The first-order valence-electron chi connectivity index (χ1n) is 11.2. The molecule has 0 saturated heterocycles. The van der Waals surface area contributed by atoms with Crippen molar-refractivity contribution in [3.63, 3.8) is 0 Å². The summed E-state index contributed by atoms with van der Waals surface area (Å²) in [5, 5.41) is 9.01. The molecule has 4 rings (SSSR count). The lowest BCUT2D eigenvalue weighted by molar-refractivity contribution is -0.137. The zero-order valence-corrected chi connectivity index (χ0v) is 19.5. The lowest BCUT2D eigenvalue weighted by Gasteiger charge is -2.28. The van der Waals surface area contributed by atoms with Crippen LogP contribution in [0.3, 0.4) is 0 Å². The summed E-state index contributed by atoms with van der Waals surface area (Å²) in [6.45, 7) is 0.0977. The van der Waals surface area contributed by atoms with Crippen LogP contribution in [0.5, 0.6) is 5.75 Å². The first-order valence-corrected chi connectivity index (χ1v) is 11.2. The summed E-state index contributed by atoms with van der Waals surface area (Å²) < 4.78 is 10.5. The number of fused-ring (bicyclic) bond motifs is 1. The molecule has 1 aliphatic rings. The first-order chi connectivity index (χ1) is 17.4. The normalized spacial score (nSPS) is 13.9. The molecule has 8 heteroatoms. The number of carboxylic acid groups (broad SMARTS) is 1. The zero-order valence-electron chi connectivity index (χ0n) is 19.5. The van der Waals surface area contributed by atoms with Gasteiger partial charge < -0.3 is 14.6 Å². The van der Waals surface area contributed by atoms with Crippen molar-refractivity contribution >= 4 is 35.4 Å². The van der Waals surface area contributed by atoms with Gasteiger partial charge in [-0.25, -0.2) is 4.79 Å². The summed E-state index contributed by atoms with van der Waals surface area (Å²) in [6.07, 6.45) is 1.35. The molecule has 182 valence electrons. The van der Waals surface area contributed by atoms with Crippen LogP contribution >= 0.6 is 0 Å². The first kappa shape index (κ1) is 24.4. The average molecular weight is 485 g/mol. The predicted molar refractivity (Wildman–Crippen MR) is 131 cm³/mol. The molecular formula is C28H23NO7. The second-order valence-electron chi connectivity index (χ2n) is 8.06. The van der Waals surface area contributed by atoms with Crippen molar-refractivity contribution in [3.05, 3.63) is 101 Å². The van der Waals surface area contributed by atoms with E-state index in [9.17, 15) is 19.2 Å². The van der Waals surface area contributed by atoms with Gasteiger partial charge in [0.2, 0.25) is 0 Å². The fraction of sp³-hybridized carbons (Fsp3) is 0.143. The SMILES string of the molecule is COC(=O)c1ccc(COc2ccc(/C=C3\C(=O)N(CCC(=O)O)C(=O)c4ccccc43)cc2)cc1. The monoisotopic (exact) mass is 485 g/mol. The molecule has 0 aliphatic carbocycles. The van der Waals surface area contributed by atoms with Gasteiger partial charge in [-0.1, -0.05) is 42.5 Å². The number of carboxylic acids is 1. The molecule has 2 amide bonds. The standard InChI is InChI=1S/C28H23NO7/c1-35-28(34)20-10-6-19(7-11-20)17-36-21-12-8-18(9-13-21)16-24-22-4-2-3-5-23(22)26(32)29(27(24)33)15-14-25(30)31/h2-13,16H,14-15,17H2,1H3,(H,30,31)/b24-16-. The third-order valence-electron chi connectivity index (χ3n) is 5.69. The summed E-state index contributed by atoms with van der Waals surface area (Å²) in [5.74, 6) is -1.91. The van der Waals surface area contributed by atoms with Gasteiger partial charge in [-0.15, -0.1) is 0 Å². The molecule has 0 radical (unpaired) electrons. The number of nitrogens with zero attached hydrogens (tertiary/aromatic N) is 1. The quantitative estimate of drug-likeness (QED) is 0.291. The topological polar surface area (TPSA) is 110 Å². The van der Waals surface area contributed by atoms with Crippen molar-refractivity contribution in [2.75, 3.05) is 13.7 Å². The van der Waals surface area contributed by atoms with E-state index in [1.165, 1.54) is 7.11 Å². The number of amides is 2. The van der Waals surface area contributed by atoms with E-state index in [2.05, 4.69) is 0 Å². The van der Waals surface area contributed by atoms with Crippen molar-refractivity contribution in [2.45, 2.75) is 13.0 Å². The second kappa shape index (κ2) is 10.7. The number of hydrogen-bond donors (Lipinski definition) is 1. The zero-order chi connectivity index (χ0) is 25.7. The number of imide groups is 1. The fourth-order valence-electron chi connectivity index (χ4n) is 3.80. The van der Waals surface area contributed by atoms with Gasteiger partial charge in [0.1, 0.15) is 12.4 Å². The largest absolute Gasteiger partial charge is 0.489 e. The maximum Gasteiger partial charge on any atom is 0.337 e. The number of carbonyl (C=O) groups excluding carboxylic acids is 3. The Hall–Kier alpha value is -4.72. The van der Waals surface area contributed by atoms with Gasteiger partial charge in [0, 0.05) is 17.7 Å². The smallest absolute Gasteiger partial charge is 0.337 e. The van der Waals surface area contributed by atoms with Gasteiger partial charge in [-0.3, -0.25) is 19.3 Å². The molecule has 3 aromatic carbocycles. The summed E-state index contributed by atoms with van der Waals surface area (Å²) in [6, 6.07) is 20.8. The van der Waals surface area contributed by atoms with Crippen LogP contribution in [0, 0.1) is 0 Å². The van der Waals surface area contributed by atoms with Gasteiger partial charge in [0.15, 0.2) is 0 Å². The van der Waals surface area contributed by atoms with Gasteiger partial charge >= 0.3 is 11.9 Å². The van der Waals surface area contributed by atoms with E-state index in [-0.39, 0.29) is 13.0 Å². The molecule has 0 bridgehead atoms. The highest BCUT2D eigenvalue weighted by Gasteiger charge is 2.34. The van der Waals surface area contributed by atoms with Crippen molar-refractivity contribution in [1.82, 2.24) is 4.90 Å². The Kier molecular flexibility index (Phi) is 7.25. The third-order valence-corrected chi connectivity index (χ3v) is 5.69. The maximum absolute atomic E-state index is 13.1. The molecule has 0 spiro atoms. The molecule has 3 aromatic rings. The van der Waals surface area contributed by atoms with Crippen molar-refractivity contribution < 1.29 is 33.8 Å². The van der Waals surface area contributed by atoms with Crippen LogP contribution in [0.15, 0.2) is 72.8 Å². The average Bonchev–Trinajstić information content (AvgIpc) is 2.90. The number of rotatable bonds is 8. The molecule has 1 N–H and O–H groups in total. The van der Waals surface area contributed by atoms with E-state index < -0.39 is 23.8 Å². The van der Waals surface area contributed by atoms with E-state index in [1.807, 2.05) is 0 Å². The Bertz CT molecular complexity index is 1340. The summed E-state index contributed by atoms with van der Waals surface area (Å²) in [4.78, 5) is 49.4. The van der Waals surface area contributed by atoms with E-state index in [4.69, 9.17) is 14.6 Å². The van der Waals surface area contributed by atoms with E-state index in [0.29, 0.717) is 34.6 Å². The molecule has 8 nitrogen and oxygen atoms in total. The van der Waals surface area contributed by atoms with Crippen molar-refractivity contribution in [2.24, 2.45) is 0 Å². The minimum Gasteiger partial charge on any atom is -0.489 e. The molecule has 0 saturated carbocycles. The van der Waals surface area contributed by atoms with E-state index >= 15 is 0 Å². The molecule has 0 atom stereocenters. The van der Waals surface area contributed by atoms with Crippen molar-refractivity contribution in [1.29, 1.82) is 0 Å². The minimum absolute atomic E-state index is 0.202. The second-order valence-corrected chi connectivity index (χ2v) is 8.06. The van der Waals surface area contributed by atoms with Crippen LogP contribution < -0.4 is 4.74 Å². The minimum atomic E-state index is -1.09. The van der Waals surface area contributed by atoms with Gasteiger partial charge in [-0.05, 0) is 53.1 Å². The molecule has 36 heavy (non-hydrogen) atoms. The summed E-state index contributed by atoms with van der Waals surface area (Å²) in [5.41, 5.74) is 3.23. The lowest BCUT2D eigenvalue weighted by Crippen LogP contribution is -2.42. The van der Waals surface area contributed by atoms with Crippen LogP contribution in [0.25, 0.3) is 11.6 Å². The Balaban J connectivity index is 1.51. The highest BCUT2D eigenvalue weighted by Crippen LogP contribution is 2.31. The van der Waals surface area contributed by atoms with E-state index in [1.54, 1.807) is 78.9 Å². The van der Waals surface area contributed by atoms with Gasteiger partial charge in [0.25, 0.3) is 11.8 Å². The summed E-state index contributed by atoms with van der Waals surface area (Å²) in [7, 11) is 1.33.